The van der Waals surface area contributed by atoms with Crippen LogP contribution in [0.15, 0.2) is 52.3 Å². The maximum absolute atomic E-state index is 13.1. The summed E-state index contributed by atoms with van der Waals surface area (Å²) in [6.07, 6.45) is 0. The first kappa shape index (κ1) is 24.0. The van der Waals surface area contributed by atoms with Crippen LogP contribution in [0.5, 0.6) is 5.75 Å². The van der Waals surface area contributed by atoms with Crippen LogP contribution in [-0.2, 0) is 29.5 Å². The van der Waals surface area contributed by atoms with E-state index in [1.165, 1.54) is 53.9 Å². The van der Waals surface area contributed by atoms with Gasteiger partial charge in [0.2, 0.25) is 10.0 Å². The number of ether oxygens (including phenoxy) is 3. The van der Waals surface area contributed by atoms with Crippen LogP contribution in [0.2, 0.25) is 0 Å². The van der Waals surface area contributed by atoms with Gasteiger partial charge in [-0.15, -0.1) is 0 Å². The summed E-state index contributed by atoms with van der Waals surface area (Å²) in [7, 11) is -6.64. The summed E-state index contributed by atoms with van der Waals surface area (Å²) >= 11 is 0. The lowest BCUT2D eigenvalue weighted by molar-refractivity contribution is 0.0526. The standard InChI is InChI=1S/C20H24N2O8S2/c1-3-30-20(23)15-4-7-17(8-5-15)31(24,25)21-16-6-9-18(28-2)19(14-16)32(26,27)22-10-12-29-13-11-22/h4-9,14,21H,3,10-13H2,1-2H3. The van der Waals surface area contributed by atoms with Crippen LogP contribution in [0.4, 0.5) is 5.69 Å². The van der Waals surface area contributed by atoms with Crippen molar-refractivity contribution in [3.63, 3.8) is 0 Å². The minimum Gasteiger partial charge on any atom is -0.495 e. The highest BCUT2D eigenvalue weighted by molar-refractivity contribution is 7.92. The minimum atomic E-state index is -4.05. The molecule has 0 bridgehead atoms. The molecule has 0 saturated carbocycles. The lowest BCUT2D eigenvalue weighted by Gasteiger charge is -2.26. The third-order valence-electron chi connectivity index (χ3n) is 4.68. The van der Waals surface area contributed by atoms with Gasteiger partial charge in [-0.1, -0.05) is 0 Å². The van der Waals surface area contributed by atoms with Gasteiger partial charge in [0.15, 0.2) is 0 Å². The van der Waals surface area contributed by atoms with Crippen molar-refractivity contribution in [1.29, 1.82) is 0 Å². The van der Waals surface area contributed by atoms with E-state index < -0.39 is 26.0 Å². The number of carbonyl (C=O) groups excluding carboxylic acids is 1. The van der Waals surface area contributed by atoms with Crippen molar-refractivity contribution >= 4 is 31.7 Å². The number of sulfonamides is 2. The van der Waals surface area contributed by atoms with Crippen LogP contribution in [0, 0.1) is 0 Å². The average molecular weight is 485 g/mol. The smallest absolute Gasteiger partial charge is 0.338 e. The van der Waals surface area contributed by atoms with Gasteiger partial charge in [0.05, 0.1) is 43.1 Å². The molecule has 32 heavy (non-hydrogen) atoms. The van der Waals surface area contributed by atoms with Crippen molar-refractivity contribution in [3.8, 4) is 5.75 Å². The number of morpholine rings is 1. The fourth-order valence-corrected chi connectivity index (χ4v) is 5.71. The Morgan fingerprint density at radius 1 is 1.06 bits per heavy atom. The third kappa shape index (κ3) is 5.21. The van der Waals surface area contributed by atoms with Gasteiger partial charge in [-0.05, 0) is 49.4 Å². The van der Waals surface area contributed by atoms with Crippen molar-refractivity contribution in [3.05, 3.63) is 48.0 Å². The first-order valence-electron chi connectivity index (χ1n) is 9.75. The summed E-state index contributed by atoms with van der Waals surface area (Å²) in [5, 5.41) is 0. The molecule has 0 atom stereocenters. The largest absolute Gasteiger partial charge is 0.495 e. The molecule has 1 aliphatic rings. The zero-order valence-electron chi connectivity index (χ0n) is 17.6. The van der Waals surface area contributed by atoms with Crippen LogP contribution in [-0.4, -0.2) is 67.1 Å². The Morgan fingerprint density at radius 2 is 1.72 bits per heavy atom. The highest BCUT2D eigenvalue weighted by Gasteiger charge is 2.30. The summed E-state index contributed by atoms with van der Waals surface area (Å²) in [4.78, 5) is 11.5. The molecule has 10 nitrogen and oxygen atoms in total. The minimum absolute atomic E-state index is 0.0482. The first-order valence-corrected chi connectivity index (χ1v) is 12.7. The fraction of sp³-hybridized carbons (Fsp3) is 0.350. The Hall–Kier alpha value is -2.67. The number of nitrogens with zero attached hydrogens (tertiary/aromatic N) is 1. The zero-order valence-corrected chi connectivity index (χ0v) is 19.2. The highest BCUT2D eigenvalue weighted by Crippen LogP contribution is 2.31. The van der Waals surface area contributed by atoms with Gasteiger partial charge in [0.1, 0.15) is 10.6 Å². The van der Waals surface area contributed by atoms with E-state index in [1.54, 1.807) is 6.92 Å². The van der Waals surface area contributed by atoms with E-state index in [0.717, 1.165) is 0 Å². The lowest BCUT2D eigenvalue weighted by Crippen LogP contribution is -2.40. The Labute approximate surface area is 187 Å². The van der Waals surface area contributed by atoms with Gasteiger partial charge in [0, 0.05) is 13.1 Å². The number of rotatable bonds is 8. The molecule has 1 saturated heterocycles. The van der Waals surface area contributed by atoms with E-state index in [2.05, 4.69) is 4.72 Å². The summed E-state index contributed by atoms with van der Waals surface area (Å²) < 4.78 is 70.6. The lowest BCUT2D eigenvalue weighted by atomic mass is 10.2. The molecule has 1 fully saturated rings. The molecule has 1 N–H and O–H groups in total. The topological polar surface area (TPSA) is 128 Å². The van der Waals surface area contributed by atoms with Crippen LogP contribution in [0.3, 0.4) is 0 Å². The summed E-state index contributed by atoms with van der Waals surface area (Å²) in [5.74, 6) is -0.462. The Kier molecular flexibility index (Phi) is 7.39. The molecule has 0 spiro atoms. The first-order chi connectivity index (χ1) is 15.2. The molecule has 0 amide bonds. The van der Waals surface area contributed by atoms with Crippen LogP contribution in [0.1, 0.15) is 17.3 Å². The second kappa shape index (κ2) is 9.86. The Bertz CT molecular complexity index is 1170. The van der Waals surface area contributed by atoms with Gasteiger partial charge in [-0.25, -0.2) is 21.6 Å². The third-order valence-corrected chi connectivity index (χ3v) is 8.00. The molecule has 0 aromatic heterocycles. The number of carbonyl (C=O) groups is 1. The fourth-order valence-electron chi connectivity index (χ4n) is 3.07. The molecule has 174 valence electrons. The maximum atomic E-state index is 13.1. The van der Waals surface area contributed by atoms with E-state index in [1.807, 2.05) is 0 Å². The molecule has 1 heterocycles. The van der Waals surface area contributed by atoms with E-state index in [0.29, 0.717) is 0 Å². The van der Waals surface area contributed by atoms with Crippen molar-refractivity contribution in [1.82, 2.24) is 4.31 Å². The van der Waals surface area contributed by atoms with E-state index in [-0.39, 0.29) is 59.7 Å². The summed E-state index contributed by atoms with van der Waals surface area (Å²) in [6, 6.07) is 9.22. The molecule has 12 heteroatoms. The highest BCUT2D eigenvalue weighted by atomic mass is 32.2. The molecule has 2 aromatic carbocycles. The van der Waals surface area contributed by atoms with Crippen molar-refractivity contribution in [2.45, 2.75) is 16.7 Å². The quantitative estimate of drug-likeness (QED) is 0.561. The van der Waals surface area contributed by atoms with Gasteiger partial charge in [-0.2, -0.15) is 4.31 Å². The summed E-state index contributed by atoms with van der Waals surface area (Å²) in [5.41, 5.74) is 0.265. The molecular weight excluding hydrogens is 460 g/mol. The predicted octanol–water partition coefficient (Wildman–Crippen LogP) is 1.69. The second-order valence-corrected chi connectivity index (χ2v) is 10.3. The Balaban J connectivity index is 1.88. The number of benzene rings is 2. The van der Waals surface area contributed by atoms with E-state index >= 15 is 0 Å². The van der Waals surface area contributed by atoms with Crippen LogP contribution in [0.25, 0.3) is 0 Å². The molecule has 0 unspecified atom stereocenters. The number of nitrogens with one attached hydrogen (secondary N) is 1. The monoisotopic (exact) mass is 484 g/mol. The van der Waals surface area contributed by atoms with Gasteiger partial charge in [-0.3, -0.25) is 4.72 Å². The van der Waals surface area contributed by atoms with Gasteiger partial charge in [0.25, 0.3) is 10.0 Å². The molecule has 1 aliphatic heterocycles. The molecule has 3 rings (SSSR count). The van der Waals surface area contributed by atoms with Crippen molar-refractivity contribution < 1.29 is 35.8 Å². The van der Waals surface area contributed by atoms with Crippen LogP contribution < -0.4 is 9.46 Å². The number of methoxy groups -OCH3 is 1. The number of hydrogen-bond donors (Lipinski definition) is 1. The van der Waals surface area contributed by atoms with Gasteiger partial charge >= 0.3 is 5.97 Å². The van der Waals surface area contributed by atoms with Crippen molar-refractivity contribution in [2.75, 3.05) is 44.7 Å². The SMILES string of the molecule is CCOC(=O)c1ccc(S(=O)(=O)Nc2ccc(OC)c(S(=O)(=O)N3CCOCC3)c2)cc1. The Morgan fingerprint density at radius 3 is 2.31 bits per heavy atom. The number of esters is 1. The average Bonchev–Trinajstić information content (AvgIpc) is 2.79. The number of hydrogen-bond acceptors (Lipinski definition) is 8. The van der Waals surface area contributed by atoms with Gasteiger partial charge < -0.3 is 14.2 Å². The summed E-state index contributed by atoms with van der Waals surface area (Å²) in [6.45, 7) is 2.80. The maximum Gasteiger partial charge on any atom is 0.338 e. The number of anilines is 1. The molecule has 2 aromatic rings. The normalized spacial score (nSPS) is 15.2. The second-order valence-electron chi connectivity index (χ2n) is 6.73. The molecule has 0 radical (unpaired) electrons. The molecule has 0 aliphatic carbocycles. The zero-order chi connectivity index (χ0) is 23.4. The predicted molar refractivity (Wildman–Crippen MR) is 116 cm³/mol. The van der Waals surface area contributed by atoms with Crippen molar-refractivity contribution in [2.24, 2.45) is 0 Å². The van der Waals surface area contributed by atoms with Crippen LogP contribution >= 0.6 is 0 Å². The van der Waals surface area contributed by atoms with E-state index in [4.69, 9.17) is 14.2 Å². The van der Waals surface area contributed by atoms with E-state index in [9.17, 15) is 21.6 Å². The molecular formula is C20H24N2O8S2.